The summed E-state index contributed by atoms with van der Waals surface area (Å²) in [5, 5.41) is 6.21. The lowest BCUT2D eigenvalue weighted by Crippen LogP contribution is -2.25. The molecule has 106 valence electrons. The number of rotatable bonds is 2. The van der Waals surface area contributed by atoms with E-state index < -0.39 is 6.23 Å². The van der Waals surface area contributed by atoms with Crippen molar-refractivity contribution in [1.82, 2.24) is 9.99 Å². The van der Waals surface area contributed by atoms with Crippen LogP contribution in [0, 0.1) is 0 Å². The molecule has 21 heavy (non-hydrogen) atoms. The highest BCUT2D eigenvalue weighted by Gasteiger charge is 2.32. The summed E-state index contributed by atoms with van der Waals surface area (Å²) < 4.78 is 5.83. The molecule has 2 heterocycles. The Balaban J connectivity index is 1.93. The molecule has 1 atom stereocenters. The number of hydrazone groups is 1. The van der Waals surface area contributed by atoms with Crippen molar-refractivity contribution in [2.45, 2.75) is 13.2 Å². The van der Waals surface area contributed by atoms with Gasteiger partial charge in [-0.2, -0.15) is 5.01 Å². The maximum atomic E-state index is 11.8. The first-order chi connectivity index (χ1) is 10.1. The Morgan fingerprint density at radius 1 is 1.19 bits per heavy atom. The van der Waals surface area contributed by atoms with Gasteiger partial charge in [0.1, 0.15) is 0 Å². The molecule has 6 heteroatoms. The zero-order valence-electron chi connectivity index (χ0n) is 11.2. The first-order valence-corrected chi connectivity index (χ1v) is 6.74. The topological polar surface area (TPSA) is 54.8 Å². The Kier molecular flexibility index (Phi) is 3.58. The number of carbonyl (C=O) groups excluding carboxylic acids is 1. The van der Waals surface area contributed by atoms with Gasteiger partial charge < -0.3 is 4.74 Å². The van der Waals surface area contributed by atoms with Gasteiger partial charge in [-0.05, 0) is 36.4 Å². The largest absolute Gasteiger partial charge is 0.446 e. The Labute approximate surface area is 126 Å². The van der Waals surface area contributed by atoms with Gasteiger partial charge in [0.05, 0.1) is 0 Å². The molecule has 0 bridgehead atoms. The molecule has 0 saturated carbocycles. The zero-order valence-corrected chi connectivity index (χ0v) is 12.0. The summed E-state index contributed by atoms with van der Waals surface area (Å²) in [6.45, 7) is 1.45. The summed E-state index contributed by atoms with van der Waals surface area (Å²) >= 11 is 5.87. The van der Waals surface area contributed by atoms with E-state index in [2.05, 4.69) is 10.1 Å². The van der Waals surface area contributed by atoms with Crippen molar-refractivity contribution in [3.05, 3.63) is 64.9 Å². The molecule has 0 aliphatic carbocycles. The highest BCUT2D eigenvalue weighted by Crippen LogP contribution is 2.30. The molecular weight excluding hydrogens is 290 g/mol. The van der Waals surface area contributed by atoms with Crippen LogP contribution in [-0.2, 0) is 9.53 Å². The van der Waals surface area contributed by atoms with Gasteiger partial charge in [0.25, 0.3) is 0 Å². The van der Waals surface area contributed by atoms with E-state index >= 15 is 0 Å². The second kappa shape index (κ2) is 5.54. The maximum Gasteiger partial charge on any atom is 0.243 e. The van der Waals surface area contributed by atoms with Gasteiger partial charge in [-0.25, -0.2) is 0 Å². The fourth-order valence-electron chi connectivity index (χ4n) is 2.02. The number of amides is 1. The molecule has 0 N–H and O–H groups in total. The third-order valence-electron chi connectivity index (χ3n) is 3.05. The summed E-state index contributed by atoms with van der Waals surface area (Å²) in [6.07, 6.45) is 2.73. The molecule has 3 rings (SSSR count). The van der Waals surface area contributed by atoms with E-state index in [0.29, 0.717) is 10.9 Å². The molecule has 1 aromatic heterocycles. The van der Waals surface area contributed by atoms with Crippen LogP contribution in [0.1, 0.15) is 24.3 Å². The van der Waals surface area contributed by atoms with Gasteiger partial charge in [0.15, 0.2) is 0 Å². The zero-order chi connectivity index (χ0) is 14.8. The Morgan fingerprint density at radius 3 is 2.48 bits per heavy atom. The molecule has 0 saturated heterocycles. The van der Waals surface area contributed by atoms with Crippen LogP contribution in [0.4, 0.5) is 0 Å². The number of nitrogens with zero attached hydrogens (tertiary/aromatic N) is 3. The van der Waals surface area contributed by atoms with Crippen LogP contribution in [0.5, 0.6) is 0 Å². The molecule has 0 unspecified atom stereocenters. The van der Waals surface area contributed by atoms with Gasteiger partial charge in [0, 0.05) is 35.5 Å². The molecule has 0 spiro atoms. The van der Waals surface area contributed by atoms with Crippen molar-refractivity contribution in [3.8, 4) is 0 Å². The molecule has 1 amide bonds. The van der Waals surface area contributed by atoms with Crippen molar-refractivity contribution in [2.75, 3.05) is 0 Å². The molecular formula is C15H12ClN3O2. The standard InChI is InChI=1S/C15H12ClN3O2/c1-10(20)19-15(12-6-8-17-9-7-12)21-14(18-19)11-2-4-13(16)5-3-11/h2-9,15H,1H3/t15-/m1/s1. The fraction of sp³-hybridized carbons (Fsp3) is 0.133. The minimum Gasteiger partial charge on any atom is -0.446 e. The van der Waals surface area contributed by atoms with Crippen LogP contribution >= 0.6 is 11.6 Å². The average Bonchev–Trinajstić information content (AvgIpc) is 2.94. The van der Waals surface area contributed by atoms with Gasteiger partial charge in [0.2, 0.25) is 18.0 Å². The number of pyridine rings is 1. The van der Waals surface area contributed by atoms with Crippen molar-refractivity contribution >= 4 is 23.4 Å². The van der Waals surface area contributed by atoms with E-state index in [9.17, 15) is 4.79 Å². The van der Waals surface area contributed by atoms with Crippen LogP contribution in [-0.4, -0.2) is 21.8 Å². The smallest absolute Gasteiger partial charge is 0.243 e. The highest BCUT2D eigenvalue weighted by molar-refractivity contribution is 6.30. The Bertz CT molecular complexity index is 686. The number of aromatic nitrogens is 1. The molecule has 1 aliphatic rings. The van der Waals surface area contributed by atoms with Gasteiger partial charge in [-0.3, -0.25) is 9.78 Å². The number of hydrogen-bond donors (Lipinski definition) is 0. The maximum absolute atomic E-state index is 11.8. The summed E-state index contributed by atoms with van der Waals surface area (Å²) in [5.41, 5.74) is 1.58. The number of ether oxygens (including phenoxy) is 1. The lowest BCUT2D eigenvalue weighted by Gasteiger charge is -2.18. The van der Waals surface area contributed by atoms with Crippen molar-refractivity contribution in [2.24, 2.45) is 5.10 Å². The van der Waals surface area contributed by atoms with Crippen LogP contribution in [0.15, 0.2) is 53.9 Å². The second-order valence-corrected chi connectivity index (χ2v) is 4.96. The predicted molar refractivity (Wildman–Crippen MR) is 78.6 cm³/mol. The minimum absolute atomic E-state index is 0.194. The fourth-order valence-corrected chi connectivity index (χ4v) is 2.15. The molecule has 2 aromatic rings. The summed E-state index contributed by atoms with van der Waals surface area (Å²) in [4.78, 5) is 15.7. The van der Waals surface area contributed by atoms with Crippen LogP contribution < -0.4 is 0 Å². The van der Waals surface area contributed by atoms with Gasteiger partial charge in [-0.1, -0.05) is 11.6 Å². The SMILES string of the molecule is CC(=O)N1N=C(c2ccc(Cl)cc2)O[C@@H]1c1ccncc1. The Morgan fingerprint density at radius 2 is 1.86 bits per heavy atom. The van der Waals surface area contributed by atoms with E-state index in [1.807, 2.05) is 0 Å². The quantitative estimate of drug-likeness (QED) is 0.857. The summed E-state index contributed by atoms with van der Waals surface area (Å²) in [6, 6.07) is 10.7. The first-order valence-electron chi connectivity index (χ1n) is 6.36. The third kappa shape index (κ3) is 2.73. The van der Waals surface area contributed by atoms with Crippen molar-refractivity contribution in [1.29, 1.82) is 0 Å². The van der Waals surface area contributed by atoms with Gasteiger partial charge >= 0.3 is 0 Å². The molecule has 5 nitrogen and oxygen atoms in total. The van der Waals surface area contributed by atoms with E-state index in [0.717, 1.165) is 11.1 Å². The third-order valence-corrected chi connectivity index (χ3v) is 3.30. The predicted octanol–water partition coefficient (Wildman–Crippen LogP) is 2.97. The van der Waals surface area contributed by atoms with Crippen LogP contribution in [0.3, 0.4) is 0 Å². The van der Waals surface area contributed by atoms with Crippen LogP contribution in [0.25, 0.3) is 0 Å². The average molecular weight is 302 g/mol. The minimum atomic E-state index is -0.573. The summed E-state index contributed by atoms with van der Waals surface area (Å²) in [5.74, 6) is 0.199. The monoisotopic (exact) mass is 301 g/mol. The number of carbonyl (C=O) groups is 1. The highest BCUT2D eigenvalue weighted by atomic mass is 35.5. The van der Waals surface area contributed by atoms with Crippen molar-refractivity contribution < 1.29 is 9.53 Å². The Hall–Kier alpha value is -2.40. The molecule has 1 aromatic carbocycles. The lowest BCUT2D eigenvalue weighted by atomic mass is 10.2. The molecule has 1 aliphatic heterocycles. The summed E-state index contributed by atoms with van der Waals surface area (Å²) in [7, 11) is 0. The van der Waals surface area contributed by atoms with E-state index in [4.69, 9.17) is 16.3 Å². The molecule has 0 radical (unpaired) electrons. The number of halogens is 1. The van der Waals surface area contributed by atoms with Gasteiger partial charge in [-0.15, -0.1) is 5.10 Å². The molecule has 0 fully saturated rings. The van der Waals surface area contributed by atoms with E-state index in [1.54, 1.807) is 48.8 Å². The van der Waals surface area contributed by atoms with Crippen molar-refractivity contribution in [3.63, 3.8) is 0 Å². The van der Waals surface area contributed by atoms with E-state index in [-0.39, 0.29) is 5.91 Å². The van der Waals surface area contributed by atoms with E-state index in [1.165, 1.54) is 11.9 Å². The first kappa shape index (κ1) is 13.6. The second-order valence-electron chi connectivity index (χ2n) is 4.53. The number of benzene rings is 1. The van der Waals surface area contributed by atoms with Crippen LogP contribution in [0.2, 0.25) is 5.02 Å². The lowest BCUT2D eigenvalue weighted by molar-refractivity contribution is -0.135. The normalized spacial score (nSPS) is 17.3. The number of hydrogen-bond acceptors (Lipinski definition) is 4.